The third-order valence-electron chi connectivity index (χ3n) is 9.21. The molecule has 0 spiro atoms. The first-order chi connectivity index (χ1) is 19.4. The maximum Gasteiger partial charge on any atom is 0.319 e. The van der Waals surface area contributed by atoms with E-state index in [2.05, 4.69) is 65.6 Å². The number of nitriles is 1. The molecule has 0 N–H and O–H groups in total. The van der Waals surface area contributed by atoms with Crippen LogP contribution in [0.3, 0.4) is 0 Å². The lowest BCUT2D eigenvalue weighted by atomic mass is 10.0. The molecule has 40 heavy (non-hydrogen) atoms. The lowest BCUT2D eigenvalue weighted by Gasteiger charge is -2.42. The number of anilines is 2. The van der Waals surface area contributed by atoms with E-state index in [4.69, 9.17) is 14.7 Å². The number of likely N-dealkylation sites (tertiary alicyclic amines) is 1. The molecule has 0 unspecified atom stereocenters. The van der Waals surface area contributed by atoms with Gasteiger partial charge in [-0.3, -0.25) is 9.69 Å². The Labute approximate surface area is 237 Å². The summed E-state index contributed by atoms with van der Waals surface area (Å²) in [5.41, 5.74) is 4.43. The van der Waals surface area contributed by atoms with Gasteiger partial charge >= 0.3 is 6.01 Å². The van der Waals surface area contributed by atoms with Crippen LogP contribution in [0.5, 0.6) is 6.01 Å². The molecule has 1 aromatic heterocycles. The Morgan fingerprint density at radius 2 is 2.02 bits per heavy atom. The van der Waals surface area contributed by atoms with E-state index in [1.807, 2.05) is 0 Å². The van der Waals surface area contributed by atoms with Crippen LogP contribution in [0, 0.1) is 18.3 Å². The minimum atomic E-state index is -0.215. The fourth-order valence-corrected chi connectivity index (χ4v) is 6.94. The van der Waals surface area contributed by atoms with E-state index in [0.717, 1.165) is 55.8 Å². The highest BCUT2D eigenvalue weighted by atomic mass is 16.5. The molecular formula is C31H39N7O2. The van der Waals surface area contributed by atoms with Crippen molar-refractivity contribution in [3.63, 3.8) is 0 Å². The van der Waals surface area contributed by atoms with Crippen molar-refractivity contribution in [3.8, 4) is 12.1 Å². The Hall–Kier alpha value is -3.64. The number of fused-ring (bicyclic) bond motifs is 1. The molecule has 1 saturated carbocycles. The fourth-order valence-electron chi connectivity index (χ4n) is 6.94. The minimum absolute atomic E-state index is 0.126. The Morgan fingerprint density at radius 1 is 1.20 bits per heavy atom. The van der Waals surface area contributed by atoms with Crippen molar-refractivity contribution in [1.29, 1.82) is 5.26 Å². The first kappa shape index (κ1) is 26.6. The number of hydrogen-bond donors (Lipinski definition) is 0. The topological polar surface area (TPSA) is 88.8 Å². The van der Waals surface area contributed by atoms with E-state index in [1.54, 1.807) is 4.90 Å². The first-order valence-corrected chi connectivity index (χ1v) is 14.6. The van der Waals surface area contributed by atoms with Gasteiger partial charge in [0.2, 0.25) is 5.91 Å². The van der Waals surface area contributed by atoms with Gasteiger partial charge in [-0.2, -0.15) is 15.2 Å². The maximum atomic E-state index is 12.5. The number of aromatic nitrogens is 2. The number of nitrogens with zero attached hydrogens (tertiary/aromatic N) is 7. The molecule has 6 rings (SSSR count). The van der Waals surface area contributed by atoms with Gasteiger partial charge in [-0.15, -0.1) is 0 Å². The molecule has 210 valence electrons. The minimum Gasteiger partial charge on any atom is -0.455 e. The lowest BCUT2D eigenvalue weighted by Crippen LogP contribution is -2.55. The van der Waals surface area contributed by atoms with Crippen LogP contribution >= 0.6 is 0 Å². The van der Waals surface area contributed by atoms with Gasteiger partial charge in [0, 0.05) is 43.5 Å². The number of ether oxygens (including phenoxy) is 1. The molecule has 1 aliphatic carbocycles. The van der Waals surface area contributed by atoms with Crippen LogP contribution in [0.25, 0.3) is 0 Å². The number of likely N-dealkylation sites (N-methyl/N-ethyl adjacent to an activating group) is 1. The molecular weight excluding hydrogens is 502 g/mol. The third kappa shape index (κ3) is 4.90. The summed E-state index contributed by atoms with van der Waals surface area (Å²) < 4.78 is 6.74. The van der Waals surface area contributed by atoms with Gasteiger partial charge in [-0.25, -0.2) is 0 Å². The molecule has 0 bridgehead atoms. The van der Waals surface area contributed by atoms with Gasteiger partial charge in [0.25, 0.3) is 0 Å². The summed E-state index contributed by atoms with van der Waals surface area (Å²) in [6.07, 6.45) is 6.83. The molecule has 4 heterocycles. The van der Waals surface area contributed by atoms with E-state index in [-0.39, 0.29) is 24.0 Å². The average Bonchev–Trinajstić information content (AvgIpc) is 3.60. The molecule has 2 atom stereocenters. The predicted octanol–water partition coefficient (Wildman–Crippen LogP) is 3.47. The molecule has 9 heteroatoms. The number of carbonyl (C=O) groups is 1. The summed E-state index contributed by atoms with van der Waals surface area (Å²) in [4.78, 5) is 31.5. The van der Waals surface area contributed by atoms with Crippen LogP contribution in [-0.4, -0.2) is 83.1 Å². The van der Waals surface area contributed by atoms with Gasteiger partial charge in [-0.05, 0) is 70.3 Å². The summed E-state index contributed by atoms with van der Waals surface area (Å²) in [6, 6.07) is 11.4. The molecule has 1 amide bonds. The molecule has 9 nitrogen and oxygen atoms in total. The van der Waals surface area contributed by atoms with Crippen molar-refractivity contribution in [2.45, 2.75) is 69.7 Å². The SMILES string of the molecule is C=CC(=O)N1CCN(c2nc(OC3([C@@H]4CCCN4C)CC3)nc3c2CCN(c2ccccc2C)C3)C[C@@H]1CC#N. The number of aryl methyl sites for hydroxylation is 1. The highest BCUT2D eigenvalue weighted by Gasteiger charge is 2.55. The van der Waals surface area contributed by atoms with E-state index in [9.17, 15) is 10.1 Å². The molecule has 2 saturated heterocycles. The zero-order chi connectivity index (χ0) is 27.9. The van der Waals surface area contributed by atoms with Crippen molar-refractivity contribution in [1.82, 2.24) is 19.8 Å². The van der Waals surface area contributed by atoms with E-state index >= 15 is 0 Å². The van der Waals surface area contributed by atoms with Crippen LogP contribution in [0.4, 0.5) is 11.5 Å². The Bertz CT molecular complexity index is 1330. The number of carbonyl (C=O) groups excluding carboxylic acids is 1. The largest absolute Gasteiger partial charge is 0.455 e. The van der Waals surface area contributed by atoms with E-state index < -0.39 is 0 Å². The molecule has 4 aliphatic rings. The van der Waals surface area contributed by atoms with Crippen molar-refractivity contribution in [3.05, 3.63) is 53.7 Å². The third-order valence-corrected chi connectivity index (χ3v) is 9.21. The zero-order valence-electron chi connectivity index (χ0n) is 23.7. The lowest BCUT2D eigenvalue weighted by molar-refractivity contribution is -0.128. The second kappa shape index (κ2) is 10.7. The normalized spacial score (nSPS) is 23.9. The van der Waals surface area contributed by atoms with Crippen LogP contribution in [0.1, 0.15) is 48.9 Å². The van der Waals surface area contributed by atoms with Gasteiger partial charge in [-0.1, -0.05) is 24.8 Å². The molecule has 3 aliphatic heterocycles. The van der Waals surface area contributed by atoms with Gasteiger partial charge in [0.05, 0.1) is 30.8 Å². The standard InChI is InChI=1S/C31H39N7O2/c1-4-28(39)38-19-18-37(20-23(38)11-15-32)29-24-12-17-36(26-9-6-5-8-22(26)2)21-25(24)33-30(34-29)40-31(13-14-31)27-10-7-16-35(27)3/h4-6,8-9,23,27H,1,7,10-14,16-21H2,2-3H3/t23-,27-/m0/s1. The Morgan fingerprint density at radius 3 is 2.73 bits per heavy atom. The highest BCUT2D eigenvalue weighted by Crippen LogP contribution is 2.48. The number of para-hydroxylation sites is 1. The van der Waals surface area contributed by atoms with Gasteiger partial charge in [0.1, 0.15) is 11.4 Å². The maximum absolute atomic E-state index is 12.5. The zero-order valence-corrected chi connectivity index (χ0v) is 23.7. The summed E-state index contributed by atoms with van der Waals surface area (Å²) in [5.74, 6) is 0.771. The Kier molecular flexibility index (Phi) is 7.13. The molecule has 3 fully saturated rings. The smallest absolute Gasteiger partial charge is 0.319 e. The van der Waals surface area contributed by atoms with Crippen molar-refractivity contribution in [2.75, 3.05) is 49.6 Å². The predicted molar refractivity (Wildman–Crippen MR) is 154 cm³/mol. The summed E-state index contributed by atoms with van der Waals surface area (Å²) in [5, 5.41) is 9.52. The summed E-state index contributed by atoms with van der Waals surface area (Å²) in [7, 11) is 2.19. The fraction of sp³-hybridized carbons (Fsp3) is 0.548. The molecule has 1 aromatic carbocycles. The number of rotatable bonds is 7. The molecule has 0 radical (unpaired) electrons. The van der Waals surface area contributed by atoms with Crippen LogP contribution in [0.2, 0.25) is 0 Å². The van der Waals surface area contributed by atoms with Crippen molar-refractivity contribution in [2.24, 2.45) is 0 Å². The number of piperazine rings is 1. The monoisotopic (exact) mass is 541 g/mol. The Balaban J connectivity index is 1.34. The first-order valence-electron chi connectivity index (χ1n) is 14.6. The number of benzene rings is 1. The van der Waals surface area contributed by atoms with Crippen LogP contribution in [0.15, 0.2) is 36.9 Å². The van der Waals surface area contributed by atoms with Crippen molar-refractivity contribution >= 4 is 17.4 Å². The second-order valence-electron chi connectivity index (χ2n) is 11.7. The van der Waals surface area contributed by atoms with Gasteiger partial charge in [0.15, 0.2) is 0 Å². The van der Waals surface area contributed by atoms with Crippen LogP contribution in [-0.2, 0) is 17.8 Å². The number of hydrogen-bond acceptors (Lipinski definition) is 8. The van der Waals surface area contributed by atoms with Crippen LogP contribution < -0.4 is 14.5 Å². The van der Waals surface area contributed by atoms with E-state index in [0.29, 0.717) is 38.2 Å². The quantitative estimate of drug-likeness (QED) is 0.493. The number of amides is 1. The highest BCUT2D eigenvalue weighted by molar-refractivity contribution is 5.87. The van der Waals surface area contributed by atoms with Crippen molar-refractivity contribution < 1.29 is 9.53 Å². The summed E-state index contributed by atoms with van der Waals surface area (Å²) in [6.45, 7) is 10.2. The van der Waals surface area contributed by atoms with E-state index in [1.165, 1.54) is 23.7 Å². The molecule has 2 aromatic rings. The average molecular weight is 542 g/mol. The summed E-state index contributed by atoms with van der Waals surface area (Å²) >= 11 is 0. The van der Waals surface area contributed by atoms with Gasteiger partial charge < -0.3 is 19.4 Å². The second-order valence-corrected chi connectivity index (χ2v) is 11.7.